The number of carbonyl (C=O) groups excluding carboxylic acids is 1. The van der Waals surface area contributed by atoms with Gasteiger partial charge >= 0.3 is 5.97 Å². The third-order valence-electron chi connectivity index (χ3n) is 3.63. The van der Waals surface area contributed by atoms with E-state index in [-0.39, 0.29) is 11.6 Å². The predicted molar refractivity (Wildman–Crippen MR) is 89.8 cm³/mol. The lowest BCUT2D eigenvalue weighted by Crippen LogP contribution is -2.44. The van der Waals surface area contributed by atoms with E-state index in [2.05, 4.69) is 10.3 Å². The van der Waals surface area contributed by atoms with Crippen LogP contribution in [-0.2, 0) is 4.79 Å². The number of aliphatic carboxylic acids is 1. The molecule has 0 fully saturated rings. The Morgan fingerprint density at radius 3 is 2.43 bits per heavy atom. The number of carboxylic acid groups (broad SMARTS) is 1. The van der Waals surface area contributed by atoms with Crippen LogP contribution in [-0.4, -0.2) is 42.1 Å². The minimum atomic E-state index is -1.05. The monoisotopic (exact) mass is 315 g/mol. The van der Waals surface area contributed by atoms with Crippen molar-refractivity contribution in [1.82, 2.24) is 10.3 Å². The van der Waals surface area contributed by atoms with Crippen LogP contribution >= 0.6 is 0 Å². The summed E-state index contributed by atoms with van der Waals surface area (Å²) in [5, 5.41) is 12.7. The predicted octanol–water partition coefficient (Wildman–Crippen LogP) is 2.14. The first kappa shape index (κ1) is 16.7. The number of nitrogens with zero attached hydrogens (tertiary/aromatic N) is 2. The molecule has 6 nitrogen and oxygen atoms in total. The standard InChI is InChI=1S/C17H21N3O3/c1-10(2)15(17(22)23)19-16(21)13-9-14(20(3)4)11-7-5-6-8-12(11)18-13/h5-10,15H,1-4H3,(H,19,21)(H,22,23)/t15-/m0/s1. The number of nitrogens with one attached hydrogen (secondary N) is 1. The van der Waals surface area contributed by atoms with Crippen molar-refractivity contribution in [2.45, 2.75) is 19.9 Å². The molecule has 2 rings (SSSR count). The summed E-state index contributed by atoms with van der Waals surface area (Å²) < 4.78 is 0. The number of para-hydroxylation sites is 1. The number of rotatable bonds is 5. The molecule has 6 heteroatoms. The normalized spacial score (nSPS) is 12.2. The van der Waals surface area contributed by atoms with E-state index in [1.54, 1.807) is 19.9 Å². The zero-order valence-electron chi connectivity index (χ0n) is 13.7. The van der Waals surface area contributed by atoms with E-state index in [0.717, 1.165) is 11.1 Å². The van der Waals surface area contributed by atoms with E-state index in [0.29, 0.717) is 5.52 Å². The summed E-state index contributed by atoms with van der Waals surface area (Å²) >= 11 is 0. The molecule has 0 aliphatic heterocycles. The highest BCUT2D eigenvalue weighted by Crippen LogP contribution is 2.25. The van der Waals surface area contributed by atoms with Gasteiger partial charge in [0.05, 0.1) is 5.52 Å². The van der Waals surface area contributed by atoms with E-state index in [1.807, 2.05) is 43.3 Å². The average Bonchev–Trinajstić information content (AvgIpc) is 2.50. The second-order valence-electron chi connectivity index (χ2n) is 5.97. The number of anilines is 1. The molecule has 0 spiro atoms. The maximum atomic E-state index is 12.4. The Kier molecular flexibility index (Phi) is 4.83. The number of benzene rings is 1. The molecule has 23 heavy (non-hydrogen) atoms. The summed E-state index contributed by atoms with van der Waals surface area (Å²) in [5.41, 5.74) is 1.76. The lowest BCUT2D eigenvalue weighted by Gasteiger charge is -2.19. The van der Waals surface area contributed by atoms with Gasteiger partial charge in [-0.15, -0.1) is 0 Å². The van der Waals surface area contributed by atoms with Crippen LogP contribution in [0, 0.1) is 5.92 Å². The van der Waals surface area contributed by atoms with Gasteiger partial charge in [-0.1, -0.05) is 32.0 Å². The third-order valence-corrected chi connectivity index (χ3v) is 3.63. The van der Waals surface area contributed by atoms with Crippen molar-refractivity contribution in [3.63, 3.8) is 0 Å². The average molecular weight is 315 g/mol. The Bertz CT molecular complexity index is 741. The molecule has 0 unspecified atom stereocenters. The van der Waals surface area contributed by atoms with Crippen LogP contribution in [0.15, 0.2) is 30.3 Å². The van der Waals surface area contributed by atoms with Crippen molar-refractivity contribution < 1.29 is 14.7 Å². The topological polar surface area (TPSA) is 82.5 Å². The lowest BCUT2D eigenvalue weighted by atomic mass is 10.0. The highest BCUT2D eigenvalue weighted by Gasteiger charge is 2.25. The van der Waals surface area contributed by atoms with Gasteiger partial charge in [0.2, 0.25) is 0 Å². The van der Waals surface area contributed by atoms with Crippen LogP contribution in [0.1, 0.15) is 24.3 Å². The summed E-state index contributed by atoms with van der Waals surface area (Å²) in [7, 11) is 3.77. The lowest BCUT2D eigenvalue weighted by molar-refractivity contribution is -0.140. The fourth-order valence-corrected chi connectivity index (χ4v) is 2.37. The number of hydrogen-bond donors (Lipinski definition) is 2. The first-order chi connectivity index (χ1) is 10.8. The first-order valence-corrected chi connectivity index (χ1v) is 7.42. The number of carboxylic acids is 1. The summed E-state index contributed by atoms with van der Waals surface area (Å²) in [6.07, 6.45) is 0. The van der Waals surface area contributed by atoms with Crippen molar-refractivity contribution in [2.75, 3.05) is 19.0 Å². The molecule has 0 aliphatic carbocycles. The fourth-order valence-electron chi connectivity index (χ4n) is 2.37. The zero-order valence-corrected chi connectivity index (χ0v) is 13.7. The van der Waals surface area contributed by atoms with Gasteiger partial charge in [0, 0.05) is 25.2 Å². The third kappa shape index (κ3) is 3.59. The van der Waals surface area contributed by atoms with E-state index < -0.39 is 17.9 Å². The smallest absolute Gasteiger partial charge is 0.326 e. The van der Waals surface area contributed by atoms with Gasteiger partial charge in [-0.05, 0) is 18.1 Å². The SMILES string of the molecule is CC(C)[C@H](NC(=O)c1cc(N(C)C)c2ccccc2n1)C(=O)O. The Labute approximate surface area is 135 Å². The van der Waals surface area contributed by atoms with Gasteiger partial charge in [-0.3, -0.25) is 4.79 Å². The van der Waals surface area contributed by atoms with E-state index in [1.165, 1.54) is 0 Å². The number of amides is 1. The number of aromatic nitrogens is 1. The fraction of sp³-hybridized carbons (Fsp3) is 0.353. The molecule has 0 radical (unpaired) electrons. The van der Waals surface area contributed by atoms with Crippen molar-refractivity contribution >= 4 is 28.5 Å². The minimum Gasteiger partial charge on any atom is -0.480 e. The van der Waals surface area contributed by atoms with Crippen molar-refractivity contribution in [2.24, 2.45) is 5.92 Å². The van der Waals surface area contributed by atoms with Gasteiger partial charge < -0.3 is 15.3 Å². The molecule has 0 saturated heterocycles. The van der Waals surface area contributed by atoms with Crippen LogP contribution in [0.3, 0.4) is 0 Å². The maximum Gasteiger partial charge on any atom is 0.326 e. The summed E-state index contributed by atoms with van der Waals surface area (Å²) in [6.45, 7) is 3.50. The Balaban J connectivity index is 2.43. The van der Waals surface area contributed by atoms with E-state index >= 15 is 0 Å². The highest BCUT2D eigenvalue weighted by molar-refractivity contribution is 6.01. The molecule has 1 aromatic carbocycles. The van der Waals surface area contributed by atoms with Crippen LogP contribution in [0.2, 0.25) is 0 Å². The molecule has 0 bridgehead atoms. The van der Waals surface area contributed by atoms with Gasteiger partial charge in [-0.25, -0.2) is 9.78 Å². The summed E-state index contributed by atoms with van der Waals surface area (Å²) in [4.78, 5) is 29.9. The summed E-state index contributed by atoms with van der Waals surface area (Å²) in [6, 6.07) is 8.26. The van der Waals surface area contributed by atoms with Crippen LogP contribution in [0.4, 0.5) is 5.69 Å². The maximum absolute atomic E-state index is 12.4. The van der Waals surface area contributed by atoms with Crippen LogP contribution in [0.25, 0.3) is 10.9 Å². The van der Waals surface area contributed by atoms with Crippen LogP contribution in [0.5, 0.6) is 0 Å². The molecule has 1 heterocycles. The van der Waals surface area contributed by atoms with Gasteiger partial charge in [-0.2, -0.15) is 0 Å². The number of carbonyl (C=O) groups is 2. The molecule has 1 atom stereocenters. The molecule has 0 saturated carbocycles. The van der Waals surface area contributed by atoms with Gasteiger partial charge in [0.1, 0.15) is 11.7 Å². The Hall–Kier alpha value is -2.63. The van der Waals surface area contributed by atoms with Crippen molar-refractivity contribution in [3.8, 4) is 0 Å². The number of fused-ring (bicyclic) bond motifs is 1. The molecular weight excluding hydrogens is 294 g/mol. The molecule has 1 aromatic heterocycles. The number of hydrogen-bond acceptors (Lipinski definition) is 4. The molecular formula is C17H21N3O3. The number of pyridine rings is 1. The largest absolute Gasteiger partial charge is 0.480 e. The molecule has 2 aromatic rings. The zero-order chi connectivity index (χ0) is 17.1. The molecule has 2 N–H and O–H groups in total. The first-order valence-electron chi connectivity index (χ1n) is 7.42. The van der Waals surface area contributed by atoms with Crippen LogP contribution < -0.4 is 10.2 Å². The summed E-state index contributed by atoms with van der Waals surface area (Å²) in [5.74, 6) is -1.76. The minimum absolute atomic E-state index is 0.208. The van der Waals surface area contributed by atoms with Crippen molar-refractivity contribution in [3.05, 3.63) is 36.0 Å². The quantitative estimate of drug-likeness (QED) is 0.883. The second-order valence-corrected chi connectivity index (χ2v) is 5.97. The Morgan fingerprint density at radius 1 is 1.22 bits per heavy atom. The molecule has 1 amide bonds. The second kappa shape index (κ2) is 6.64. The van der Waals surface area contributed by atoms with Crippen molar-refractivity contribution in [1.29, 1.82) is 0 Å². The molecule has 0 aliphatic rings. The van der Waals surface area contributed by atoms with E-state index in [4.69, 9.17) is 0 Å². The van der Waals surface area contributed by atoms with E-state index in [9.17, 15) is 14.7 Å². The van der Waals surface area contributed by atoms with Gasteiger partial charge in [0.25, 0.3) is 5.91 Å². The Morgan fingerprint density at radius 2 is 1.87 bits per heavy atom. The highest BCUT2D eigenvalue weighted by atomic mass is 16.4. The van der Waals surface area contributed by atoms with Gasteiger partial charge in [0.15, 0.2) is 0 Å². The molecule has 122 valence electrons.